The van der Waals surface area contributed by atoms with Crippen molar-refractivity contribution in [1.82, 2.24) is 5.32 Å². The lowest BCUT2D eigenvalue weighted by molar-refractivity contribution is -0.384. The van der Waals surface area contributed by atoms with Crippen LogP contribution in [-0.2, 0) is 0 Å². The van der Waals surface area contributed by atoms with Gasteiger partial charge in [-0.25, -0.2) is 0 Å². The molecule has 108 valence electrons. The third-order valence-corrected chi connectivity index (χ3v) is 4.23. The molecule has 2 atom stereocenters. The van der Waals surface area contributed by atoms with E-state index in [-0.39, 0.29) is 10.6 Å². The molecule has 0 aromatic heterocycles. The summed E-state index contributed by atoms with van der Waals surface area (Å²) >= 11 is 0. The van der Waals surface area contributed by atoms with Gasteiger partial charge in [0.15, 0.2) is 0 Å². The second-order valence-electron chi connectivity index (χ2n) is 5.59. The van der Waals surface area contributed by atoms with Crippen LogP contribution in [0.1, 0.15) is 25.7 Å². The number of anilines is 1. The summed E-state index contributed by atoms with van der Waals surface area (Å²) in [7, 11) is 1.57. The van der Waals surface area contributed by atoms with Gasteiger partial charge < -0.3 is 15.4 Å². The van der Waals surface area contributed by atoms with Crippen LogP contribution < -0.4 is 15.4 Å². The topological polar surface area (TPSA) is 76.4 Å². The van der Waals surface area contributed by atoms with Crippen LogP contribution >= 0.6 is 0 Å². The molecule has 0 spiro atoms. The number of rotatable bonds is 4. The van der Waals surface area contributed by atoms with E-state index in [0.717, 1.165) is 12.8 Å². The van der Waals surface area contributed by atoms with Crippen LogP contribution in [0, 0.1) is 10.1 Å². The summed E-state index contributed by atoms with van der Waals surface area (Å²) in [4.78, 5) is 10.8. The second kappa shape index (κ2) is 5.28. The summed E-state index contributed by atoms with van der Waals surface area (Å²) in [6.07, 6.45) is 4.46. The Morgan fingerprint density at radius 1 is 1.35 bits per heavy atom. The van der Waals surface area contributed by atoms with Crippen molar-refractivity contribution in [2.24, 2.45) is 0 Å². The Labute approximate surface area is 117 Å². The summed E-state index contributed by atoms with van der Waals surface area (Å²) in [6, 6.07) is 6.22. The number of benzene rings is 1. The van der Waals surface area contributed by atoms with Crippen LogP contribution in [0.3, 0.4) is 0 Å². The Balaban J connectivity index is 1.80. The maximum Gasteiger partial charge on any atom is 0.292 e. The van der Waals surface area contributed by atoms with Crippen LogP contribution in [0.5, 0.6) is 5.75 Å². The van der Waals surface area contributed by atoms with Gasteiger partial charge in [-0.2, -0.15) is 0 Å². The molecule has 0 amide bonds. The highest BCUT2D eigenvalue weighted by Gasteiger charge is 2.34. The monoisotopic (exact) mass is 277 g/mol. The highest BCUT2D eigenvalue weighted by atomic mass is 16.6. The highest BCUT2D eigenvalue weighted by Crippen LogP contribution is 2.33. The molecule has 0 radical (unpaired) electrons. The first-order chi connectivity index (χ1) is 9.65. The van der Waals surface area contributed by atoms with E-state index in [2.05, 4.69) is 10.6 Å². The van der Waals surface area contributed by atoms with Gasteiger partial charge in [-0.1, -0.05) is 0 Å². The van der Waals surface area contributed by atoms with E-state index >= 15 is 0 Å². The van der Waals surface area contributed by atoms with Gasteiger partial charge in [-0.3, -0.25) is 10.1 Å². The lowest BCUT2D eigenvalue weighted by atomic mass is 9.99. The Kier molecular flexibility index (Phi) is 3.48. The van der Waals surface area contributed by atoms with E-state index in [1.807, 2.05) is 0 Å². The number of nitrogens with one attached hydrogen (secondary N) is 2. The molecule has 2 N–H and O–H groups in total. The molecule has 2 heterocycles. The molecule has 3 rings (SSSR count). The average Bonchev–Trinajstić information content (AvgIpc) is 2.77. The lowest BCUT2D eigenvalue weighted by Gasteiger charge is -2.30. The van der Waals surface area contributed by atoms with Gasteiger partial charge in [0.1, 0.15) is 11.4 Å². The number of piperidine rings is 1. The van der Waals surface area contributed by atoms with Crippen molar-refractivity contribution in [3.8, 4) is 5.75 Å². The Hall–Kier alpha value is -1.82. The molecule has 2 saturated heterocycles. The van der Waals surface area contributed by atoms with Crippen LogP contribution in [0.25, 0.3) is 0 Å². The standard InChI is InChI=1S/C14H19N3O3/c1-20-12-4-5-14(17(18)19)13(8-12)16-11-6-9-2-3-10(7-11)15-9/h4-5,8-11,15-16H,2-3,6-7H2,1H3. The molecular formula is C14H19N3O3. The SMILES string of the molecule is COc1ccc([N+](=O)[O-])c(NC2CC3CCC(C2)N3)c1. The van der Waals surface area contributed by atoms with E-state index in [0.29, 0.717) is 29.6 Å². The summed E-state index contributed by atoms with van der Waals surface area (Å²) in [5, 5.41) is 18.0. The highest BCUT2D eigenvalue weighted by molar-refractivity contribution is 5.64. The molecule has 20 heavy (non-hydrogen) atoms. The maximum absolute atomic E-state index is 11.1. The minimum Gasteiger partial charge on any atom is -0.497 e. The van der Waals surface area contributed by atoms with Gasteiger partial charge >= 0.3 is 0 Å². The van der Waals surface area contributed by atoms with Crippen molar-refractivity contribution in [3.05, 3.63) is 28.3 Å². The first kappa shape index (κ1) is 13.2. The van der Waals surface area contributed by atoms with Gasteiger partial charge in [0.05, 0.1) is 12.0 Å². The molecular weight excluding hydrogens is 258 g/mol. The molecule has 0 saturated carbocycles. The lowest BCUT2D eigenvalue weighted by Crippen LogP contribution is -2.43. The third-order valence-electron chi connectivity index (χ3n) is 4.23. The Bertz CT molecular complexity index is 508. The number of nitrogens with zero attached hydrogens (tertiary/aromatic N) is 1. The number of ether oxygens (including phenoxy) is 1. The fraction of sp³-hybridized carbons (Fsp3) is 0.571. The van der Waals surface area contributed by atoms with Gasteiger partial charge in [-0.05, 0) is 31.7 Å². The summed E-state index contributed by atoms with van der Waals surface area (Å²) in [5.41, 5.74) is 0.664. The summed E-state index contributed by atoms with van der Waals surface area (Å²) < 4.78 is 5.16. The first-order valence-electron chi connectivity index (χ1n) is 7.00. The molecule has 2 aliphatic rings. The number of fused-ring (bicyclic) bond motifs is 2. The maximum atomic E-state index is 11.1. The third kappa shape index (κ3) is 2.56. The van der Waals surface area contributed by atoms with E-state index in [9.17, 15) is 10.1 Å². The Morgan fingerprint density at radius 3 is 2.65 bits per heavy atom. The van der Waals surface area contributed by atoms with Gasteiger partial charge in [0.25, 0.3) is 5.69 Å². The van der Waals surface area contributed by atoms with Gasteiger partial charge in [0.2, 0.25) is 0 Å². The zero-order chi connectivity index (χ0) is 14.1. The number of hydrogen-bond acceptors (Lipinski definition) is 5. The van der Waals surface area contributed by atoms with E-state index in [1.54, 1.807) is 19.2 Å². The minimum atomic E-state index is -0.350. The normalized spacial score (nSPS) is 28.1. The fourth-order valence-corrected chi connectivity index (χ4v) is 3.31. The largest absolute Gasteiger partial charge is 0.497 e. The van der Waals surface area contributed by atoms with Crippen molar-refractivity contribution < 1.29 is 9.66 Å². The predicted octanol–water partition coefficient (Wildman–Crippen LogP) is 2.30. The van der Waals surface area contributed by atoms with Crippen molar-refractivity contribution in [2.75, 3.05) is 12.4 Å². The van der Waals surface area contributed by atoms with Crippen molar-refractivity contribution >= 4 is 11.4 Å². The second-order valence-corrected chi connectivity index (χ2v) is 5.59. The number of nitro benzene ring substituents is 1. The summed E-state index contributed by atoms with van der Waals surface area (Å²) in [6.45, 7) is 0. The van der Waals surface area contributed by atoms with E-state index in [4.69, 9.17) is 4.74 Å². The molecule has 6 nitrogen and oxygen atoms in total. The molecule has 6 heteroatoms. The quantitative estimate of drug-likeness (QED) is 0.652. The molecule has 1 aromatic rings. The fourth-order valence-electron chi connectivity index (χ4n) is 3.31. The smallest absolute Gasteiger partial charge is 0.292 e. The van der Waals surface area contributed by atoms with E-state index in [1.165, 1.54) is 18.9 Å². The molecule has 2 unspecified atom stereocenters. The molecule has 2 bridgehead atoms. The van der Waals surface area contributed by atoms with Gasteiger partial charge in [0, 0.05) is 30.3 Å². The van der Waals surface area contributed by atoms with Crippen LogP contribution in [0.4, 0.5) is 11.4 Å². The van der Waals surface area contributed by atoms with E-state index < -0.39 is 0 Å². The average molecular weight is 277 g/mol. The first-order valence-corrected chi connectivity index (χ1v) is 7.00. The minimum absolute atomic E-state index is 0.108. The zero-order valence-corrected chi connectivity index (χ0v) is 11.5. The van der Waals surface area contributed by atoms with Crippen molar-refractivity contribution in [1.29, 1.82) is 0 Å². The molecule has 0 aliphatic carbocycles. The molecule has 1 aromatic carbocycles. The number of nitro groups is 1. The van der Waals surface area contributed by atoms with Crippen molar-refractivity contribution in [2.45, 2.75) is 43.8 Å². The number of methoxy groups -OCH3 is 1. The predicted molar refractivity (Wildman–Crippen MR) is 76.2 cm³/mol. The van der Waals surface area contributed by atoms with Crippen LogP contribution in [0.15, 0.2) is 18.2 Å². The Morgan fingerprint density at radius 2 is 2.05 bits per heavy atom. The zero-order valence-electron chi connectivity index (χ0n) is 11.5. The molecule has 2 fully saturated rings. The van der Waals surface area contributed by atoms with Crippen LogP contribution in [-0.4, -0.2) is 30.2 Å². The molecule has 2 aliphatic heterocycles. The summed E-state index contributed by atoms with van der Waals surface area (Å²) in [5.74, 6) is 0.634. The van der Waals surface area contributed by atoms with Crippen LogP contribution in [0.2, 0.25) is 0 Å². The van der Waals surface area contributed by atoms with Gasteiger partial charge in [-0.15, -0.1) is 0 Å². The number of hydrogen-bond donors (Lipinski definition) is 2. The van der Waals surface area contributed by atoms with Crippen molar-refractivity contribution in [3.63, 3.8) is 0 Å².